The number of carbonyl (C=O) groups is 1. The van der Waals surface area contributed by atoms with Crippen LogP contribution in [0.3, 0.4) is 0 Å². The van der Waals surface area contributed by atoms with Crippen LogP contribution in [0.4, 0.5) is 5.13 Å². The number of para-hydroxylation sites is 1. The highest BCUT2D eigenvalue weighted by atomic mass is 35.5. The summed E-state index contributed by atoms with van der Waals surface area (Å²) in [6.45, 7) is 2.62. The number of amides is 1. The van der Waals surface area contributed by atoms with Crippen LogP contribution in [-0.4, -0.2) is 37.2 Å². The molecule has 7 nitrogen and oxygen atoms in total. The molecule has 0 aliphatic carbocycles. The zero-order chi connectivity index (χ0) is 24.3. The van der Waals surface area contributed by atoms with Crippen LogP contribution in [0.5, 0.6) is 0 Å². The van der Waals surface area contributed by atoms with Crippen LogP contribution in [0, 0.1) is 0 Å². The van der Waals surface area contributed by atoms with Crippen molar-refractivity contribution in [2.45, 2.75) is 31.2 Å². The lowest BCUT2D eigenvalue weighted by atomic mass is 10.2. The second-order valence-electron chi connectivity index (χ2n) is 7.76. The second kappa shape index (κ2) is 10.3. The number of anilines is 1. The third-order valence-electron chi connectivity index (χ3n) is 5.36. The fourth-order valence-corrected chi connectivity index (χ4v) is 5.88. The Morgan fingerprint density at radius 1 is 1.12 bits per heavy atom. The Bertz CT molecular complexity index is 1380. The van der Waals surface area contributed by atoms with E-state index in [0.717, 1.165) is 17.5 Å². The molecule has 4 aromatic rings. The zero-order valence-electron chi connectivity index (χ0n) is 18.8. The summed E-state index contributed by atoms with van der Waals surface area (Å²) in [6, 6.07) is 15.0. The molecule has 178 valence electrons. The van der Waals surface area contributed by atoms with Gasteiger partial charge in [-0.2, -0.15) is 0 Å². The lowest BCUT2D eigenvalue weighted by Crippen LogP contribution is -2.30. The minimum absolute atomic E-state index is 0.145. The number of unbranched alkanes of at least 4 members (excludes halogenated alkanes) is 1. The van der Waals surface area contributed by atoms with Gasteiger partial charge in [-0.25, -0.2) is 17.7 Å². The maximum atomic E-state index is 13.5. The average Bonchev–Trinajstić information content (AvgIpc) is 3.51. The normalized spacial score (nSPS) is 11.9. The molecule has 0 aliphatic rings. The average molecular weight is 518 g/mol. The van der Waals surface area contributed by atoms with Gasteiger partial charge in [0, 0.05) is 19.2 Å². The molecule has 0 spiro atoms. The van der Waals surface area contributed by atoms with Gasteiger partial charge in [0.1, 0.15) is 11.3 Å². The van der Waals surface area contributed by atoms with Crippen molar-refractivity contribution < 1.29 is 17.6 Å². The van der Waals surface area contributed by atoms with Gasteiger partial charge in [-0.1, -0.05) is 42.3 Å². The van der Waals surface area contributed by atoms with E-state index in [0.29, 0.717) is 33.5 Å². The number of benzene rings is 2. The molecule has 0 radical (unpaired) electrons. The standard InChI is InChI=1S/C24H24ClN3O4S2/c1-3-4-14-27(2)34(30,31)19-12-10-17(11-13-19)23(29)28(16-18-7-6-15-32-18)24-26-22-20(25)8-5-9-21(22)33-24/h5-13,15H,3-4,14,16H2,1-2H3. The number of thiazole rings is 1. The number of aromatic nitrogens is 1. The van der Waals surface area contributed by atoms with Crippen molar-refractivity contribution in [2.24, 2.45) is 0 Å². The van der Waals surface area contributed by atoms with Gasteiger partial charge < -0.3 is 4.42 Å². The SMILES string of the molecule is CCCCN(C)S(=O)(=O)c1ccc(C(=O)N(Cc2ccco2)c2nc3c(Cl)cccc3s2)cc1. The minimum Gasteiger partial charge on any atom is -0.467 e. The van der Waals surface area contributed by atoms with Crippen molar-refractivity contribution >= 4 is 54.2 Å². The lowest BCUT2D eigenvalue weighted by molar-refractivity contribution is 0.0983. The van der Waals surface area contributed by atoms with Gasteiger partial charge in [0.25, 0.3) is 5.91 Å². The Morgan fingerprint density at radius 3 is 2.53 bits per heavy atom. The van der Waals surface area contributed by atoms with Crippen molar-refractivity contribution in [3.8, 4) is 0 Å². The molecule has 4 rings (SSSR count). The molecule has 0 aliphatic heterocycles. The number of sulfonamides is 1. The van der Waals surface area contributed by atoms with Gasteiger partial charge in [-0.3, -0.25) is 9.69 Å². The summed E-state index contributed by atoms with van der Waals surface area (Å²) in [5.41, 5.74) is 0.963. The van der Waals surface area contributed by atoms with Crippen LogP contribution < -0.4 is 4.90 Å². The fraction of sp³-hybridized carbons (Fsp3) is 0.250. The maximum Gasteiger partial charge on any atom is 0.260 e. The molecule has 2 aromatic heterocycles. The van der Waals surface area contributed by atoms with Crippen LogP contribution in [0.25, 0.3) is 10.2 Å². The van der Waals surface area contributed by atoms with Gasteiger partial charge in [-0.05, 0) is 55.0 Å². The molecule has 34 heavy (non-hydrogen) atoms. The van der Waals surface area contributed by atoms with E-state index in [1.165, 1.54) is 44.8 Å². The fourth-order valence-electron chi connectivity index (χ4n) is 3.41. The van der Waals surface area contributed by atoms with Gasteiger partial charge in [0.05, 0.1) is 27.4 Å². The molecule has 0 atom stereocenters. The number of rotatable bonds is 9. The van der Waals surface area contributed by atoms with E-state index in [1.807, 2.05) is 19.1 Å². The Morgan fingerprint density at radius 2 is 1.88 bits per heavy atom. The molecule has 2 aromatic carbocycles. The minimum atomic E-state index is -3.62. The third-order valence-corrected chi connectivity index (χ3v) is 8.58. The highest BCUT2D eigenvalue weighted by Gasteiger charge is 2.25. The zero-order valence-corrected chi connectivity index (χ0v) is 21.2. The maximum absolute atomic E-state index is 13.5. The topological polar surface area (TPSA) is 83.7 Å². The van der Waals surface area contributed by atoms with E-state index in [-0.39, 0.29) is 17.3 Å². The highest BCUT2D eigenvalue weighted by Crippen LogP contribution is 2.34. The molecule has 0 saturated heterocycles. The van der Waals surface area contributed by atoms with E-state index in [4.69, 9.17) is 16.0 Å². The summed E-state index contributed by atoms with van der Waals surface area (Å²) in [6.07, 6.45) is 3.22. The van der Waals surface area contributed by atoms with E-state index < -0.39 is 10.0 Å². The van der Waals surface area contributed by atoms with Crippen LogP contribution in [0.2, 0.25) is 5.02 Å². The molecule has 10 heteroatoms. The van der Waals surface area contributed by atoms with Crippen LogP contribution in [0.1, 0.15) is 35.9 Å². The lowest BCUT2D eigenvalue weighted by Gasteiger charge is -2.20. The van der Waals surface area contributed by atoms with Gasteiger partial charge in [0.2, 0.25) is 10.0 Å². The molecule has 0 saturated carbocycles. The number of fused-ring (bicyclic) bond motifs is 1. The van der Waals surface area contributed by atoms with Crippen molar-refractivity contribution in [1.82, 2.24) is 9.29 Å². The number of hydrogen-bond donors (Lipinski definition) is 0. The second-order valence-corrected chi connectivity index (χ2v) is 11.2. The number of nitrogens with zero attached hydrogens (tertiary/aromatic N) is 3. The van der Waals surface area contributed by atoms with Gasteiger partial charge in [-0.15, -0.1) is 0 Å². The summed E-state index contributed by atoms with van der Waals surface area (Å²) in [4.78, 5) is 19.8. The monoisotopic (exact) mass is 517 g/mol. The molecule has 0 N–H and O–H groups in total. The summed E-state index contributed by atoms with van der Waals surface area (Å²) >= 11 is 7.64. The summed E-state index contributed by atoms with van der Waals surface area (Å²) in [7, 11) is -2.06. The van der Waals surface area contributed by atoms with E-state index in [2.05, 4.69) is 4.98 Å². The molecule has 0 unspecified atom stereocenters. The molecule has 2 heterocycles. The Kier molecular flexibility index (Phi) is 7.37. The molecule has 0 fully saturated rings. The molecular formula is C24H24ClN3O4S2. The van der Waals surface area contributed by atoms with Crippen molar-refractivity contribution in [3.05, 3.63) is 77.2 Å². The first-order valence-corrected chi connectivity index (χ1v) is 13.4. The summed E-state index contributed by atoms with van der Waals surface area (Å²) < 4.78 is 33.3. The summed E-state index contributed by atoms with van der Waals surface area (Å²) in [5, 5.41) is 0.979. The number of hydrogen-bond acceptors (Lipinski definition) is 6. The molecular weight excluding hydrogens is 494 g/mol. The molecule has 1 amide bonds. The first kappa shape index (κ1) is 24.4. The van der Waals surface area contributed by atoms with E-state index in [1.54, 1.807) is 31.5 Å². The number of carbonyl (C=O) groups excluding carboxylic acids is 1. The predicted octanol–water partition coefficient (Wildman–Crippen LogP) is 5.81. The van der Waals surface area contributed by atoms with Crippen LogP contribution >= 0.6 is 22.9 Å². The van der Waals surface area contributed by atoms with E-state index >= 15 is 0 Å². The largest absolute Gasteiger partial charge is 0.467 e. The Labute approximate surface area is 207 Å². The van der Waals surface area contributed by atoms with E-state index in [9.17, 15) is 13.2 Å². The van der Waals surface area contributed by atoms with Crippen LogP contribution in [0.15, 0.2) is 70.2 Å². The van der Waals surface area contributed by atoms with Gasteiger partial charge >= 0.3 is 0 Å². The van der Waals surface area contributed by atoms with Crippen molar-refractivity contribution in [2.75, 3.05) is 18.5 Å². The third kappa shape index (κ3) is 5.02. The van der Waals surface area contributed by atoms with Crippen molar-refractivity contribution in [3.63, 3.8) is 0 Å². The van der Waals surface area contributed by atoms with Gasteiger partial charge in [0.15, 0.2) is 5.13 Å². The smallest absolute Gasteiger partial charge is 0.260 e. The first-order valence-electron chi connectivity index (χ1n) is 10.8. The number of halogens is 1. The highest BCUT2D eigenvalue weighted by molar-refractivity contribution is 7.89. The quantitative estimate of drug-likeness (QED) is 0.280. The Balaban J connectivity index is 1.65. The first-order chi connectivity index (χ1) is 16.3. The van der Waals surface area contributed by atoms with Crippen LogP contribution in [-0.2, 0) is 16.6 Å². The number of furan rings is 1. The summed E-state index contributed by atoms with van der Waals surface area (Å²) in [5.74, 6) is 0.269. The molecule has 0 bridgehead atoms. The predicted molar refractivity (Wildman–Crippen MR) is 135 cm³/mol. The van der Waals surface area contributed by atoms with Crippen molar-refractivity contribution in [1.29, 1.82) is 0 Å². The Hall–Kier alpha value is -2.72.